The number of carbonyl (C=O) groups excluding carboxylic acids is 2. The average molecular weight is 717 g/mol. The summed E-state index contributed by atoms with van der Waals surface area (Å²) in [6, 6.07) is 25.9. The molecule has 6 N–H and O–H groups in total. The smallest absolute Gasteiger partial charge is 0.418 e. The summed E-state index contributed by atoms with van der Waals surface area (Å²) in [7, 11) is 0. The summed E-state index contributed by atoms with van der Waals surface area (Å²) >= 11 is 0. The predicted octanol–water partition coefficient (Wildman–Crippen LogP) is 6.21. The number of carbonyl (C=O) groups is 2. The zero-order valence-corrected chi connectivity index (χ0v) is 27.6. The van der Waals surface area contributed by atoms with Gasteiger partial charge in [-0.3, -0.25) is 9.59 Å². The SMILES string of the molecule is O=C(NCCOCCOCCNc1nc(Nc2ccc(O)cc2)nc(Nc2ccc(C(=O)Nc3ccccc3C(F)(F)F)cc2)n1)c1ccccc1. The molecule has 0 aliphatic rings. The number of aromatic nitrogens is 3. The second kappa shape index (κ2) is 18.1. The van der Waals surface area contributed by atoms with Crippen molar-refractivity contribution in [1.29, 1.82) is 0 Å². The average Bonchev–Trinajstić information content (AvgIpc) is 3.13. The highest BCUT2D eigenvalue weighted by Crippen LogP contribution is 2.34. The minimum Gasteiger partial charge on any atom is -0.508 e. The monoisotopic (exact) mass is 716 g/mol. The third kappa shape index (κ3) is 11.4. The molecule has 1 aromatic heterocycles. The van der Waals surface area contributed by atoms with E-state index in [1.54, 1.807) is 48.5 Å². The molecule has 0 aliphatic heterocycles. The summed E-state index contributed by atoms with van der Waals surface area (Å²) in [5, 5.41) is 23.9. The van der Waals surface area contributed by atoms with Gasteiger partial charge in [-0.2, -0.15) is 28.1 Å². The van der Waals surface area contributed by atoms with Crippen molar-refractivity contribution in [3.63, 3.8) is 0 Å². The number of phenolic OH excluding ortho intramolecular Hbond substituents is 1. The van der Waals surface area contributed by atoms with Crippen molar-refractivity contribution in [3.8, 4) is 5.75 Å². The van der Waals surface area contributed by atoms with Gasteiger partial charge in [0.15, 0.2) is 0 Å². The molecule has 0 saturated carbocycles. The third-order valence-corrected chi connectivity index (χ3v) is 7.11. The fourth-order valence-corrected chi connectivity index (χ4v) is 4.59. The van der Waals surface area contributed by atoms with Crippen LogP contribution in [0.25, 0.3) is 0 Å². The molecule has 0 atom stereocenters. The van der Waals surface area contributed by atoms with Crippen LogP contribution < -0.4 is 26.6 Å². The Hall–Kier alpha value is -6.26. The summed E-state index contributed by atoms with van der Waals surface area (Å²) in [6.07, 6.45) is -4.63. The van der Waals surface area contributed by atoms with Crippen molar-refractivity contribution in [2.75, 3.05) is 60.8 Å². The molecule has 1 heterocycles. The third-order valence-electron chi connectivity index (χ3n) is 7.11. The van der Waals surface area contributed by atoms with E-state index in [9.17, 15) is 27.9 Å². The Labute approximate surface area is 296 Å². The number of nitrogens with zero attached hydrogens (tertiary/aromatic N) is 3. The van der Waals surface area contributed by atoms with Crippen LogP contribution in [0.4, 0.5) is 48.1 Å². The van der Waals surface area contributed by atoms with Crippen molar-refractivity contribution >= 4 is 46.7 Å². The molecule has 52 heavy (non-hydrogen) atoms. The van der Waals surface area contributed by atoms with Crippen molar-refractivity contribution in [2.45, 2.75) is 6.18 Å². The van der Waals surface area contributed by atoms with E-state index in [0.29, 0.717) is 56.5 Å². The minimum atomic E-state index is -4.63. The Kier molecular flexibility index (Phi) is 12.9. The molecule has 0 bridgehead atoms. The molecular weight excluding hydrogens is 681 g/mol. The predicted molar refractivity (Wildman–Crippen MR) is 189 cm³/mol. The number of benzene rings is 4. The lowest BCUT2D eigenvalue weighted by Crippen LogP contribution is -2.27. The lowest BCUT2D eigenvalue weighted by atomic mass is 10.1. The maximum Gasteiger partial charge on any atom is 0.418 e. The number of hydrogen-bond donors (Lipinski definition) is 6. The minimum absolute atomic E-state index is 0.0906. The normalized spacial score (nSPS) is 11.1. The van der Waals surface area contributed by atoms with Gasteiger partial charge in [0, 0.05) is 35.6 Å². The molecule has 0 aliphatic carbocycles. The van der Waals surface area contributed by atoms with Crippen LogP contribution in [-0.4, -0.2) is 71.4 Å². The molecule has 0 saturated heterocycles. The van der Waals surface area contributed by atoms with Crippen molar-refractivity contribution in [1.82, 2.24) is 20.3 Å². The van der Waals surface area contributed by atoms with Crippen LogP contribution in [0.2, 0.25) is 0 Å². The number of para-hydroxylation sites is 1. The van der Waals surface area contributed by atoms with Crippen LogP contribution in [0.15, 0.2) is 103 Å². The summed E-state index contributed by atoms with van der Waals surface area (Å²) in [5.74, 6) is -0.251. The van der Waals surface area contributed by atoms with Gasteiger partial charge >= 0.3 is 6.18 Å². The summed E-state index contributed by atoms with van der Waals surface area (Å²) in [6.45, 7) is 2.02. The first-order chi connectivity index (χ1) is 25.1. The molecule has 5 aromatic rings. The Morgan fingerprint density at radius 2 is 1.15 bits per heavy atom. The van der Waals surface area contributed by atoms with Crippen molar-refractivity contribution < 1.29 is 37.3 Å². The standard InChI is InChI=1S/C36H35F3N8O5/c37-36(38,39)29-8-4-5-9-30(29)44-32(50)25-10-12-26(13-11-25)42-34-45-33(46-35(47-34)43-27-14-16-28(48)17-15-27)41-19-21-52-23-22-51-20-18-40-31(49)24-6-2-1-3-7-24/h1-17,48H,18-23H2,(H,40,49)(H,44,50)(H3,41,42,43,45,46,47). The molecule has 0 spiro atoms. The maximum absolute atomic E-state index is 13.4. The number of nitrogens with one attached hydrogen (secondary N) is 5. The van der Waals surface area contributed by atoms with E-state index in [1.165, 1.54) is 42.5 Å². The van der Waals surface area contributed by atoms with E-state index in [-0.39, 0.29) is 40.8 Å². The number of amides is 2. The van der Waals surface area contributed by atoms with Gasteiger partial charge in [0.05, 0.1) is 37.7 Å². The molecule has 4 aromatic carbocycles. The first kappa shape index (κ1) is 37.0. The Morgan fingerprint density at radius 3 is 1.79 bits per heavy atom. The van der Waals surface area contributed by atoms with Crippen LogP contribution in [0.1, 0.15) is 26.3 Å². The number of phenols is 1. The number of ether oxygens (including phenoxy) is 2. The van der Waals surface area contributed by atoms with E-state index < -0.39 is 17.6 Å². The van der Waals surface area contributed by atoms with Gasteiger partial charge < -0.3 is 41.2 Å². The zero-order chi connectivity index (χ0) is 36.8. The Balaban J connectivity index is 1.13. The summed E-state index contributed by atoms with van der Waals surface area (Å²) in [5.41, 5.74) is 0.514. The number of hydrogen-bond acceptors (Lipinski definition) is 11. The number of alkyl halides is 3. The molecule has 0 radical (unpaired) electrons. The van der Waals surface area contributed by atoms with E-state index in [4.69, 9.17) is 9.47 Å². The molecule has 5 rings (SSSR count). The molecule has 0 unspecified atom stereocenters. The Morgan fingerprint density at radius 1 is 0.615 bits per heavy atom. The van der Waals surface area contributed by atoms with Gasteiger partial charge in [-0.1, -0.05) is 30.3 Å². The van der Waals surface area contributed by atoms with Gasteiger partial charge in [0.2, 0.25) is 17.8 Å². The summed E-state index contributed by atoms with van der Waals surface area (Å²) < 4.78 is 51.2. The quantitative estimate of drug-likeness (QED) is 0.0478. The lowest BCUT2D eigenvalue weighted by Gasteiger charge is -2.14. The second-order valence-electron chi connectivity index (χ2n) is 11.0. The highest BCUT2D eigenvalue weighted by atomic mass is 19.4. The van der Waals surface area contributed by atoms with E-state index in [0.717, 1.165) is 6.07 Å². The molecule has 2 amide bonds. The molecular formula is C36H35F3N8O5. The van der Waals surface area contributed by atoms with Gasteiger partial charge in [-0.25, -0.2) is 0 Å². The second-order valence-corrected chi connectivity index (χ2v) is 11.0. The molecule has 0 fully saturated rings. The first-order valence-electron chi connectivity index (χ1n) is 16.0. The topological polar surface area (TPSA) is 172 Å². The van der Waals surface area contributed by atoms with E-state index >= 15 is 0 Å². The number of halogens is 3. The van der Waals surface area contributed by atoms with Gasteiger partial charge in [0.1, 0.15) is 5.75 Å². The highest BCUT2D eigenvalue weighted by molar-refractivity contribution is 6.05. The molecule has 270 valence electrons. The number of aromatic hydroxyl groups is 1. The van der Waals surface area contributed by atoms with Gasteiger partial charge in [-0.15, -0.1) is 0 Å². The number of rotatable bonds is 17. The largest absolute Gasteiger partial charge is 0.508 e. The highest BCUT2D eigenvalue weighted by Gasteiger charge is 2.33. The van der Waals surface area contributed by atoms with Crippen LogP contribution in [-0.2, 0) is 15.7 Å². The van der Waals surface area contributed by atoms with Crippen LogP contribution in [0.3, 0.4) is 0 Å². The molecule has 16 heteroatoms. The summed E-state index contributed by atoms with van der Waals surface area (Å²) in [4.78, 5) is 38.0. The van der Waals surface area contributed by atoms with Crippen molar-refractivity contribution in [3.05, 3.63) is 120 Å². The van der Waals surface area contributed by atoms with Crippen LogP contribution in [0, 0.1) is 0 Å². The Bertz CT molecular complexity index is 1910. The fraction of sp³-hybridized carbons (Fsp3) is 0.194. The van der Waals surface area contributed by atoms with E-state index in [2.05, 4.69) is 41.5 Å². The van der Waals surface area contributed by atoms with Crippen molar-refractivity contribution in [2.24, 2.45) is 0 Å². The van der Waals surface area contributed by atoms with Crippen LogP contribution in [0.5, 0.6) is 5.75 Å². The number of anilines is 6. The fourth-order valence-electron chi connectivity index (χ4n) is 4.59. The van der Waals surface area contributed by atoms with Gasteiger partial charge in [0.25, 0.3) is 11.8 Å². The zero-order valence-electron chi connectivity index (χ0n) is 27.6. The van der Waals surface area contributed by atoms with Crippen LogP contribution >= 0.6 is 0 Å². The van der Waals surface area contributed by atoms with E-state index in [1.807, 2.05) is 6.07 Å². The van der Waals surface area contributed by atoms with Gasteiger partial charge in [-0.05, 0) is 72.8 Å². The first-order valence-corrected chi connectivity index (χ1v) is 16.0. The maximum atomic E-state index is 13.4. The lowest BCUT2D eigenvalue weighted by molar-refractivity contribution is -0.136. The molecule has 13 nitrogen and oxygen atoms in total.